The molecule has 1 amide bonds. The standard InChI is InChI=1S/C24H17BrF2N2O3S/c1-31-20-10-15(18(25)12-21(20)32-13-14-4-2-3-5-19(14)27)11-22-23(30)29-24(33-22)28-17-8-6-16(26)7-9-17/h2-12H,13H2,1H3,(H,28,29,30)/b22-11+. The summed E-state index contributed by atoms with van der Waals surface area (Å²) in [5.41, 5.74) is 1.64. The molecule has 1 saturated heterocycles. The number of rotatable bonds is 6. The molecule has 3 aromatic carbocycles. The van der Waals surface area contributed by atoms with Gasteiger partial charge in [-0.3, -0.25) is 4.79 Å². The number of benzene rings is 3. The van der Waals surface area contributed by atoms with Crippen LogP contribution in [0.1, 0.15) is 11.1 Å². The lowest BCUT2D eigenvalue weighted by Crippen LogP contribution is -2.19. The lowest BCUT2D eigenvalue weighted by molar-refractivity contribution is -0.115. The molecule has 0 saturated carbocycles. The van der Waals surface area contributed by atoms with Crippen LogP contribution in [-0.4, -0.2) is 18.2 Å². The van der Waals surface area contributed by atoms with E-state index in [-0.39, 0.29) is 24.1 Å². The van der Waals surface area contributed by atoms with Crippen molar-refractivity contribution in [2.45, 2.75) is 6.61 Å². The Hall–Kier alpha value is -3.17. The van der Waals surface area contributed by atoms with E-state index in [1.807, 2.05) is 0 Å². The van der Waals surface area contributed by atoms with Gasteiger partial charge in [-0.2, -0.15) is 0 Å². The Bertz CT molecular complexity index is 1260. The van der Waals surface area contributed by atoms with Crippen LogP contribution >= 0.6 is 27.7 Å². The summed E-state index contributed by atoms with van der Waals surface area (Å²) < 4.78 is 38.8. The van der Waals surface area contributed by atoms with E-state index >= 15 is 0 Å². The van der Waals surface area contributed by atoms with E-state index in [4.69, 9.17) is 9.47 Å². The molecule has 168 valence electrons. The molecule has 1 fully saturated rings. The van der Waals surface area contributed by atoms with Crippen molar-refractivity contribution in [3.05, 3.63) is 92.8 Å². The molecule has 0 spiro atoms. The highest BCUT2D eigenvalue weighted by atomic mass is 79.9. The van der Waals surface area contributed by atoms with Gasteiger partial charge in [-0.25, -0.2) is 13.8 Å². The summed E-state index contributed by atoms with van der Waals surface area (Å²) in [6.07, 6.45) is 1.69. The Morgan fingerprint density at radius 2 is 1.85 bits per heavy atom. The van der Waals surface area contributed by atoms with Crippen LogP contribution in [0.2, 0.25) is 0 Å². The van der Waals surface area contributed by atoms with Crippen molar-refractivity contribution in [3.63, 3.8) is 0 Å². The first kappa shape index (κ1) is 23.0. The largest absolute Gasteiger partial charge is 0.493 e. The fourth-order valence-corrected chi connectivity index (χ4v) is 4.23. The second-order valence-corrected chi connectivity index (χ2v) is 8.75. The number of nitrogens with one attached hydrogen (secondary N) is 1. The number of amidine groups is 1. The lowest BCUT2D eigenvalue weighted by Gasteiger charge is -2.13. The number of halogens is 3. The molecule has 0 radical (unpaired) electrons. The molecule has 0 atom stereocenters. The van der Waals surface area contributed by atoms with E-state index in [1.165, 1.54) is 49.2 Å². The normalized spacial score (nSPS) is 15.7. The van der Waals surface area contributed by atoms with Gasteiger partial charge in [0.05, 0.1) is 17.7 Å². The van der Waals surface area contributed by atoms with Gasteiger partial charge in [0, 0.05) is 10.0 Å². The third-order valence-electron chi connectivity index (χ3n) is 4.62. The average Bonchev–Trinajstić information content (AvgIpc) is 3.14. The first-order valence-corrected chi connectivity index (χ1v) is 11.3. The number of ether oxygens (including phenoxy) is 2. The number of carbonyl (C=O) groups is 1. The molecule has 0 bridgehead atoms. The number of thioether (sulfide) groups is 1. The molecule has 1 N–H and O–H groups in total. The molecule has 9 heteroatoms. The van der Waals surface area contributed by atoms with E-state index < -0.39 is 0 Å². The quantitative estimate of drug-likeness (QED) is 0.385. The Labute approximate surface area is 201 Å². The summed E-state index contributed by atoms with van der Waals surface area (Å²) in [5.74, 6) is -0.143. The predicted octanol–water partition coefficient (Wildman–Crippen LogP) is 6.21. The molecule has 1 aliphatic heterocycles. The molecule has 33 heavy (non-hydrogen) atoms. The molecule has 1 heterocycles. The van der Waals surface area contributed by atoms with Gasteiger partial charge in [0.2, 0.25) is 0 Å². The second kappa shape index (κ2) is 10.2. The number of methoxy groups -OCH3 is 1. The van der Waals surface area contributed by atoms with Gasteiger partial charge in [-0.1, -0.05) is 34.1 Å². The van der Waals surface area contributed by atoms with Crippen molar-refractivity contribution in [1.29, 1.82) is 0 Å². The zero-order valence-corrected chi connectivity index (χ0v) is 19.7. The minimum atomic E-state index is -0.359. The van der Waals surface area contributed by atoms with Crippen LogP contribution < -0.4 is 14.8 Å². The zero-order valence-electron chi connectivity index (χ0n) is 17.3. The van der Waals surface area contributed by atoms with Gasteiger partial charge in [0.25, 0.3) is 5.91 Å². The monoisotopic (exact) mass is 530 g/mol. The molecule has 0 aromatic heterocycles. The van der Waals surface area contributed by atoms with E-state index in [9.17, 15) is 13.6 Å². The number of amides is 1. The molecule has 4 rings (SSSR count). The minimum absolute atomic E-state index is 0.0391. The van der Waals surface area contributed by atoms with Gasteiger partial charge in [-0.05, 0) is 65.9 Å². The Morgan fingerprint density at radius 3 is 2.58 bits per heavy atom. The summed E-state index contributed by atoms with van der Waals surface area (Å²) in [5, 5.41) is 3.09. The highest BCUT2D eigenvalue weighted by molar-refractivity contribution is 9.10. The second-order valence-electron chi connectivity index (χ2n) is 6.86. The smallest absolute Gasteiger partial charge is 0.264 e. The first-order valence-electron chi connectivity index (χ1n) is 9.72. The van der Waals surface area contributed by atoms with E-state index in [0.717, 1.165) is 0 Å². The molecule has 0 aliphatic carbocycles. The van der Waals surface area contributed by atoms with Crippen LogP contribution in [0.3, 0.4) is 0 Å². The fraction of sp³-hybridized carbons (Fsp3) is 0.0833. The van der Waals surface area contributed by atoms with Crippen LogP contribution in [-0.2, 0) is 11.4 Å². The van der Waals surface area contributed by atoms with Gasteiger partial charge < -0.3 is 14.8 Å². The predicted molar refractivity (Wildman–Crippen MR) is 129 cm³/mol. The number of hydrogen-bond acceptors (Lipinski definition) is 5. The van der Waals surface area contributed by atoms with Crippen molar-refractivity contribution >= 4 is 50.5 Å². The van der Waals surface area contributed by atoms with Crippen molar-refractivity contribution in [1.82, 2.24) is 5.32 Å². The fourth-order valence-electron chi connectivity index (χ4n) is 2.96. The highest BCUT2D eigenvalue weighted by Gasteiger charge is 2.24. The van der Waals surface area contributed by atoms with Crippen LogP contribution in [0.25, 0.3) is 6.08 Å². The Morgan fingerprint density at radius 1 is 1.09 bits per heavy atom. The van der Waals surface area contributed by atoms with Gasteiger partial charge in [0.15, 0.2) is 16.7 Å². The van der Waals surface area contributed by atoms with Gasteiger partial charge >= 0.3 is 0 Å². The van der Waals surface area contributed by atoms with Crippen molar-refractivity contribution < 1.29 is 23.0 Å². The molecular formula is C24H17BrF2N2O3S. The number of aliphatic imine (C=N–C) groups is 1. The summed E-state index contributed by atoms with van der Waals surface area (Å²) in [6.45, 7) is 0.0391. The van der Waals surface area contributed by atoms with Gasteiger partial charge in [0.1, 0.15) is 18.2 Å². The molecule has 1 aliphatic rings. The SMILES string of the molecule is COc1cc(/C=C2/SC(=Nc3ccc(F)cc3)NC2=O)c(Br)cc1OCc1ccccc1F. The first-order chi connectivity index (χ1) is 15.9. The number of nitrogens with zero attached hydrogens (tertiary/aromatic N) is 1. The Balaban J connectivity index is 1.54. The third kappa shape index (κ3) is 5.61. The zero-order chi connectivity index (χ0) is 23.4. The summed E-state index contributed by atoms with van der Waals surface area (Å²) in [6, 6.07) is 15.5. The van der Waals surface area contributed by atoms with Crippen molar-refractivity contribution in [3.8, 4) is 11.5 Å². The van der Waals surface area contributed by atoms with E-state index in [0.29, 0.717) is 42.9 Å². The van der Waals surface area contributed by atoms with Crippen LogP contribution in [0.4, 0.5) is 14.5 Å². The summed E-state index contributed by atoms with van der Waals surface area (Å²) in [7, 11) is 1.50. The maximum atomic E-state index is 13.9. The Kier molecular flexibility index (Phi) is 7.10. The van der Waals surface area contributed by atoms with Crippen molar-refractivity contribution in [2.75, 3.05) is 7.11 Å². The third-order valence-corrected chi connectivity index (χ3v) is 6.22. The average molecular weight is 531 g/mol. The highest BCUT2D eigenvalue weighted by Crippen LogP contribution is 2.37. The molecule has 5 nitrogen and oxygen atoms in total. The van der Waals surface area contributed by atoms with E-state index in [2.05, 4.69) is 26.2 Å². The maximum Gasteiger partial charge on any atom is 0.264 e. The van der Waals surface area contributed by atoms with Crippen LogP contribution in [0.5, 0.6) is 11.5 Å². The number of carbonyl (C=O) groups excluding carboxylic acids is 1. The van der Waals surface area contributed by atoms with Gasteiger partial charge in [-0.15, -0.1) is 0 Å². The lowest BCUT2D eigenvalue weighted by atomic mass is 10.1. The summed E-state index contributed by atoms with van der Waals surface area (Å²) >= 11 is 4.66. The molecule has 3 aromatic rings. The van der Waals surface area contributed by atoms with Crippen LogP contribution in [0.15, 0.2) is 75.0 Å². The topological polar surface area (TPSA) is 59.9 Å². The van der Waals surface area contributed by atoms with Crippen LogP contribution in [0, 0.1) is 11.6 Å². The maximum absolute atomic E-state index is 13.9. The van der Waals surface area contributed by atoms with Crippen molar-refractivity contribution in [2.24, 2.45) is 4.99 Å². The van der Waals surface area contributed by atoms with E-state index in [1.54, 1.807) is 36.4 Å². The number of hydrogen-bond donors (Lipinski definition) is 1. The summed E-state index contributed by atoms with van der Waals surface area (Å²) in [4.78, 5) is 17.2. The minimum Gasteiger partial charge on any atom is -0.493 e. The molecule has 0 unspecified atom stereocenters. The molecular weight excluding hydrogens is 514 g/mol.